The van der Waals surface area contributed by atoms with E-state index < -0.39 is 0 Å². The van der Waals surface area contributed by atoms with E-state index in [1.54, 1.807) is 0 Å². The van der Waals surface area contributed by atoms with Gasteiger partial charge < -0.3 is 10.1 Å². The van der Waals surface area contributed by atoms with Gasteiger partial charge in [0.1, 0.15) is 0 Å². The Morgan fingerprint density at radius 2 is 2.05 bits per heavy atom. The van der Waals surface area contributed by atoms with Crippen molar-refractivity contribution in [2.45, 2.75) is 65.0 Å². The van der Waals surface area contributed by atoms with Crippen LogP contribution in [0.25, 0.3) is 0 Å². The molecule has 1 aromatic heterocycles. The molecule has 1 heterocycles. The molecule has 2 rings (SSSR count). The second-order valence-electron chi connectivity index (χ2n) is 5.82. The molecule has 20 heavy (non-hydrogen) atoms. The van der Waals surface area contributed by atoms with Crippen LogP contribution in [0.4, 0.5) is 0 Å². The Labute approximate surface area is 127 Å². The van der Waals surface area contributed by atoms with E-state index in [1.807, 2.05) is 11.3 Å². The monoisotopic (exact) mass is 295 g/mol. The first-order chi connectivity index (χ1) is 9.77. The summed E-state index contributed by atoms with van der Waals surface area (Å²) in [5, 5.41) is 5.90. The summed E-state index contributed by atoms with van der Waals surface area (Å²) in [6, 6.07) is 2.59. The first kappa shape index (κ1) is 16.0. The molecule has 0 spiro atoms. The maximum atomic E-state index is 6.22. The second kappa shape index (κ2) is 8.16. The predicted molar refractivity (Wildman–Crippen MR) is 87.5 cm³/mol. The zero-order valence-electron chi connectivity index (χ0n) is 13.2. The molecular formula is C17H29NOS. The van der Waals surface area contributed by atoms with Gasteiger partial charge in [0.05, 0.1) is 12.1 Å². The highest BCUT2D eigenvalue weighted by Gasteiger charge is 2.33. The minimum absolute atomic E-state index is 0.331. The number of likely N-dealkylation sites (N-methyl/N-ethyl adjacent to an activating group) is 1. The molecule has 0 radical (unpaired) electrons. The molecule has 114 valence electrons. The third-order valence-corrected chi connectivity index (χ3v) is 5.51. The average molecular weight is 295 g/mol. The highest BCUT2D eigenvalue weighted by Crippen LogP contribution is 2.37. The molecule has 0 aromatic carbocycles. The summed E-state index contributed by atoms with van der Waals surface area (Å²) in [6.45, 7) is 8.35. The molecule has 2 atom stereocenters. The molecule has 0 bridgehead atoms. The topological polar surface area (TPSA) is 21.3 Å². The zero-order valence-corrected chi connectivity index (χ0v) is 14.0. The average Bonchev–Trinajstić information content (AvgIpc) is 2.90. The van der Waals surface area contributed by atoms with E-state index in [0.717, 1.165) is 13.2 Å². The maximum Gasteiger partial charge on any atom is 0.0805 e. The van der Waals surface area contributed by atoms with E-state index in [-0.39, 0.29) is 0 Å². The number of hydrogen-bond acceptors (Lipinski definition) is 3. The lowest BCUT2D eigenvalue weighted by Gasteiger charge is -2.36. The van der Waals surface area contributed by atoms with Crippen LogP contribution in [0.5, 0.6) is 0 Å². The lowest BCUT2D eigenvalue weighted by Crippen LogP contribution is -2.39. The number of thiophene rings is 1. The molecule has 1 N–H and O–H groups in total. The fraction of sp³-hybridized carbons (Fsp3) is 0.765. The Balaban J connectivity index is 2.19. The smallest absolute Gasteiger partial charge is 0.0805 e. The summed E-state index contributed by atoms with van der Waals surface area (Å²) >= 11 is 1.87. The van der Waals surface area contributed by atoms with Crippen molar-refractivity contribution in [2.75, 3.05) is 13.2 Å². The largest absolute Gasteiger partial charge is 0.376 e. The maximum absolute atomic E-state index is 6.22. The Bertz CT molecular complexity index is 384. The van der Waals surface area contributed by atoms with Crippen LogP contribution in [-0.2, 0) is 4.74 Å². The second-order valence-corrected chi connectivity index (χ2v) is 6.77. The standard InChI is InChI=1S/C17H29NOS/c1-4-18-15(17-13(3)11-12-20-17)16(19-5-2)14-9-7-6-8-10-14/h11-12,14-16,18H,4-10H2,1-3H3. The van der Waals surface area contributed by atoms with E-state index in [0.29, 0.717) is 18.1 Å². The lowest BCUT2D eigenvalue weighted by atomic mass is 9.82. The minimum atomic E-state index is 0.331. The molecule has 2 unspecified atom stereocenters. The SMILES string of the molecule is CCNC(c1sccc1C)C(OCC)C1CCCCC1. The summed E-state index contributed by atoms with van der Waals surface area (Å²) in [5.41, 5.74) is 1.40. The van der Waals surface area contributed by atoms with Crippen LogP contribution in [0.3, 0.4) is 0 Å². The molecule has 3 heteroatoms. The van der Waals surface area contributed by atoms with Crippen molar-refractivity contribution in [1.29, 1.82) is 0 Å². The molecule has 0 amide bonds. The van der Waals surface area contributed by atoms with Crippen LogP contribution < -0.4 is 5.32 Å². The zero-order chi connectivity index (χ0) is 14.4. The summed E-state index contributed by atoms with van der Waals surface area (Å²) in [7, 11) is 0. The molecule has 1 aliphatic carbocycles. The van der Waals surface area contributed by atoms with Gasteiger partial charge in [-0.15, -0.1) is 11.3 Å². The van der Waals surface area contributed by atoms with Crippen LogP contribution in [0.1, 0.15) is 62.4 Å². The van der Waals surface area contributed by atoms with Gasteiger partial charge >= 0.3 is 0 Å². The van der Waals surface area contributed by atoms with E-state index in [9.17, 15) is 0 Å². The molecular weight excluding hydrogens is 266 g/mol. The van der Waals surface area contributed by atoms with Gasteiger partial charge in [-0.3, -0.25) is 0 Å². The first-order valence-electron chi connectivity index (χ1n) is 8.16. The van der Waals surface area contributed by atoms with E-state index in [2.05, 4.69) is 37.5 Å². The highest BCUT2D eigenvalue weighted by atomic mass is 32.1. The summed E-state index contributed by atoms with van der Waals surface area (Å²) < 4.78 is 6.22. The van der Waals surface area contributed by atoms with Gasteiger partial charge in [-0.25, -0.2) is 0 Å². The Morgan fingerprint density at radius 1 is 1.30 bits per heavy atom. The Hall–Kier alpha value is -0.380. The Kier molecular flexibility index (Phi) is 6.53. The van der Waals surface area contributed by atoms with Crippen molar-refractivity contribution in [1.82, 2.24) is 5.32 Å². The van der Waals surface area contributed by atoms with Crippen LogP contribution in [0, 0.1) is 12.8 Å². The fourth-order valence-electron chi connectivity index (χ4n) is 3.44. The van der Waals surface area contributed by atoms with Crippen molar-refractivity contribution in [3.8, 4) is 0 Å². The van der Waals surface area contributed by atoms with Crippen molar-refractivity contribution < 1.29 is 4.74 Å². The molecule has 0 aliphatic heterocycles. The summed E-state index contributed by atoms with van der Waals surface area (Å²) in [4.78, 5) is 1.47. The van der Waals surface area contributed by atoms with E-state index in [4.69, 9.17) is 4.74 Å². The Morgan fingerprint density at radius 3 is 2.60 bits per heavy atom. The van der Waals surface area contributed by atoms with Gasteiger partial charge in [0.15, 0.2) is 0 Å². The molecule has 1 aliphatic rings. The first-order valence-corrected chi connectivity index (χ1v) is 9.04. The predicted octanol–water partition coefficient (Wildman–Crippen LogP) is 4.69. The number of ether oxygens (including phenoxy) is 1. The number of nitrogens with one attached hydrogen (secondary N) is 1. The van der Waals surface area contributed by atoms with E-state index >= 15 is 0 Å². The van der Waals surface area contributed by atoms with Crippen molar-refractivity contribution in [2.24, 2.45) is 5.92 Å². The summed E-state index contributed by atoms with van der Waals surface area (Å²) in [6.07, 6.45) is 7.14. The van der Waals surface area contributed by atoms with Crippen molar-refractivity contribution >= 4 is 11.3 Å². The van der Waals surface area contributed by atoms with Gasteiger partial charge in [-0.2, -0.15) is 0 Å². The minimum Gasteiger partial charge on any atom is -0.376 e. The number of hydrogen-bond donors (Lipinski definition) is 1. The summed E-state index contributed by atoms with van der Waals surface area (Å²) in [5.74, 6) is 0.717. The van der Waals surface area contributed by atoms with Crippen LogP contribution in [0.15, 0.2) is 11.4 Å². The molecule has 2 nitrogen and oxygen atoms in total. The van der Waals surface area contributed by atoms with Gasteiger partial charge in [0, 0.05) is 11.5 Å². The number of rotatable bonds is 7. The van der Waals surface area contributed by atoms with Crippen LogP contribution in [0.2, 0.25) is 0 Å². The van der Waals surface area contributed by atoms with Crippen molar-refractivity contribution in [3.05, 3.63) is 21.9 Å². The van der Waals surface area contributed by atoms with E-state index in [1.165, 1.54) is 42.5 Å². The van der Waals surface area contributed by atoms with Gasteiger partial charge in [0.25, 0.3) is 0 Å². The van der Waals surface area contributed by atoms with Gasteiger partial charge in [-0.1, -0.05) is 26.2 Å². The lowest BCUT2D eigenvalue weighted by molar-refractivity contribution is -0.0173. The normalized spacial score (nSPS) is 19.9. The van der Waals surface area contributed by atoms with Crippen LogP contribution in [-0.4, -0.2) is 19.3 Å². The molecule has 1 aromatic rings. The number of aryl methyl sites for hydroxylation is 1. The molecule has 1 saturated carbocycles. The van der Waals surface area contributed by atoms with Gasteiger partial charge in [0.2, 0.25) is 0 Å². The molecule has 0 saturated heterocycles. The fourth-order valence-corrected chi connectivity index (χ4v) is 4.48. The quantitative estimate of drug-likeness (QED) is 0.787. The van der Waals surface area contributed by atoms with Gasteiger partial charge in [-0.05, 0) is 56.2 Å². The van der Waals surface area contributed by atoms with Crippen molar-refractivity contribution in [3.63, 3.8) is 0 Å². The van der Waals surface area contributed by atoms with Crippen LogP contribution >= 0.6 is 11.3 Å². The third kappa shape index (κ3) is 3.84. The highest BCUT2D eigenvalue weighted by molar-refractivity contribution is 7.10. The molecule has 1 fully saturated rings. The third-order valence-electron chi connectivity index (χ3n) is 4.41.